The van der Waals surface area contributed by atoms with Crippen molar-refractivity contribution in [3.63, 3.8) is 0 Å². The van der Waals surface area contributed by atoms with Crippen LogP contribution in [0.4, 0.5) is 34.1 Å². The monoisotopic (exact) mass is 923 g/mol. The molecule has 0 bridgehead atoms. The Labute approximate surface area is 420 Å². The molecule has 12 rings (SSSR count). The Hall–Kier alpha value is -5.48. The second-order valence-electron chi connectivity index (χ2n) is 27.4. The molecule has 0 N–H and O–H groups in total. The largest absolute Gasteiger partial charge is 0.468 e. The molecule has 0 fully saturated rings. The summed E-state index contributed by atoms with van der Waals surface area (Å²) in [6.07, 6.45) is 6.98. The van der Waals surface area contributed by atoms with E-state index < -0.39 is 0 Å². The number of fused-ring (bicyclic) bond motifs is 9. The van der Waals surface area contributed by atoms with E-state index in [-0.39, 0.29) is 44.6 Å². The van der Waals surface area contributed by atoms with Crippen molar-refractivity contribution in [1.82, 2.24) is 0 Å². The lowest BCUT2D eigenvalue weighted by Gasteiger charge is -2.47. The molecular weight excluding hydrogens is 848 g/mol. The van der Waals surface area contributed by atoms with Crippen LogP contribution >= 0.6 is 0 Å². The van der Waals surface area contributed by atoms with Gasteiger partial charge >= 0.3 is 0 Å². The van der Waals surface area contributed by atoms with Crippen molar-refractivity contribution < 1.29 is 4.42 Å². The number of anilines is 6. The molecule has 7 aromatic rings. The topological polar surface area (TPSA) is 19.6 Å². The van der Waals surface area contributed by atoms with Gasteiger partial charge in [0.2, 0.25) is 0 Å². The summed E-state index contributed by atoms with van der Waals surface area (Å²) in [5.74, 6) is 0. The minimum atomic E-state index is -0.134. The van der Waals surface area contributed by atoms with Gasteiger partial charge in [-0.25, -0.2) is 0 Å². The molecule has 0 saturated heterocycles. The van der Waals surface area contributed by atoms with E-state index in [0.717, 1.165) is 42.6 Å². The second kappa shape index (κ2) is 14.6. The van der Waals surface area contributed by atoms with Crippen LogP contribution in [0, 0.1) is 0 Å². The summed E-state index contributed by atoms with van der Waals surface area (Å²) >= 11 is 0. The van der Waals surface area contributed by atoms with E-state index >= 15 is 0 Å². The molecule has 3 nitrogen and oxygen atoms in total. The predicted molar refractivity (Wildman–Crippen MR) is 300 cm³/mol. The first-order valence-electron chi connectivity index (χ1n) is 26.7. The quantitative estimate of drug-likeness (QED) is 0.165. The van der Waals surface area contributed by atoms with Gasteiger partial charge in [0.1, 0.15) is 5.58 Å². The fourth-order valence-corrected chi connectivity index (χ4v) is 13.8. The zero-order chi connectivity index (χ0) is 49.5. The third kappa shape index (κ3) is 6.66. The smallest absolute Gasteiger partial charge is 0.297 e. The average Bonchev–Trinajstić information content (AvgIpc) is 3.68. The Kier molecular flexibility index (Phi) is 9.51. The van der Waals surface area contributed by atoms with E-state index in [1.165, 1.54) is 108 Å². The standard InChI is InChI=1S/C66H75BN2O/c1-60(2,3)42-21-23-43(24-22-42)69-55-34-41(40-19-17-16-18-20-40)33-54-57(55)67(59-58(69)45-36-48-51(39-56(45)70-59)66(14,15)32-29-63(48,8)9)52-37-49-50(65(12,13)31-30-64(49,10)11)38-53(52)68(54)44-25-26-46-47(35-44)62(6,7)28-27-61(46,4)5/h16-26,33-39H,27-32H2,1-15H3. The maximum atomic E-state index is 7.71. The van der Waals surface area contributed by atoms with E-state index in [2.05, 4.69) is 223 Å². The molecule has 0 unspecified atom stereocenters. The summed E-state index contributed by atoms with van der Waals surface area (Å²) in [4.78, 5) is 5.29. The van der Waals surface area contributed by atoms with Crippen molar-refractivity contribution >= 4 is 68.4 Å². The Morgan fingerprint density at radius 3 is 1.50 bits per heavy atom. The summed E-state index contributed by atoms with van der Waals surface area (Å²) in [5.41, 5.74) is 24.9. The van der Waals surface area contributed by atoms with Crippen molar-refractivity contribution in [3.05, 3.63) is 148 Å². The molecule has 3 heterocycles. The number of benzene rings is 6. The second-order valence-corrected chi connectivity index (χ2v) is 27.4. The van der Waals surface area contributed by atoms with Gasteiger partial charge in [0.25, 0.3) is 6.71 Å². The zero-order valence-corrected chi connectivity index (χ0v) is 45.0. The Bertz CT molecular complexity index is 3310. The third-order valence-electron chi connectivity index (χ3n) is 18.8. The highest BCUT2D eigenvalue weighted by molar-refractivity contribution is 7.00. The van der Waals surface area contributed by atoms with Crippen molar-refractivity contribution in [1.29, 1.82) is 0 Å². The average molecular weight is 923 g/mol. The van der Waals surface area contributed by atoms with Crippen molar-refractivity contribution in [2.75, 3.05) is 9.80 Å². The first kappa shape index (κ1) is 45.6. The number of hydrogen-bond acceptors (Lipinski definition) is 3. The molecule has 0 radical (unpaired) electrons. The highest BCUT2D eigenvalue weighted by Gasteiger charge is 2.50. The van der Waals surface area contributed by atoms with Crippen LogP contribution in [0.5, 0.6) is 0 Å². The SMILES string of the molecule is CC(C)(C)c1ccc(N2c3cc(-c4ccccc4)cc4c3B(c3cc5c(cc3N4c3ccc4c(c3)C(C)(C)CCC4(C)C)C(C)(C)CCC5(C)C)c3oc4cc5c(cc4c32)C(C)(C)CCC5(C)C)cc1. The predicted octanol–water partition coefficient (Wildman–Crippen LogP) is 16.5. The van der Waals surface area contributed by atoms with Gasteiger partial charge in [-0.15, -0.1) is 0 Å². The molecule has 1 aromatic heterocycles. The highest BCUT2D eigenvalue weighted by Crippen LogP contribution is 2.55. The van der Waals surface area contributed by atoms with Crippen LogP contribution in [0.25, 0.3) is 22.1 Å². The van der Waals surface area contributed by atoms with Gasteiger partial charge in [-0.1, -0.05) is 158 Å². The molecule has 0 saturated carbocycles. The molecule has 2 aliphatic heterocycles. The fraction of sp³-hybridized carbons (Fsp3) is 0.424. The van der Waals surface area contributed by atoms with Gasteiger partial charge in [0, 0.05) is 33.8 Å². The summed E-state index contributed by atoms with van der Waals surface area (Å²) in [7, 11) is 0. The number of furan rings is 1. The molecule has 0 atom stereocenters. The van der Waals surface area contributed by atoms with E-state index in [1.54, 1.807) is 0 Å². The van der Waals surface area contributed by atoms with Gasteiger partial charge in [-0.05, 0) is 192 Å². The highest BCUT2D eigenvalue weighted by atomic mass is 16.3. The number of hydrogen-bond donors (Lipinski definition) is 0. The van der Waals surface area contributed by atoms with Gasteiger partial charge in [0.15, 0.2) is 0 Å². The van der Waals surface area contributed by atoms with Gasteiger partial charge in [-0.3, -0.25) is 0 Å². The molecule has 4 heteroatoms. The molecule has 5 aliphatic rings. The minimum Gasteiger partial charge on any atom is -0.468 e. The lowest BCUT2D eigenvalue weighted by molar-refractivity contribution is 0.332. The van der Waals surface area contributed by atoms with E-state index in [4.69, 9.17) is 4.42 Å². The first-order valence-corrected chi connectivity index (χ1v) is 26.7. The Morgan fingerprint density at radius 2 is 0.929 bits per heavy atom. The molecule has 3 aliphatic carbocycles. The maximum absolute atomic E-state index is 7.71. The van der Waals surface area contributed by atoms with Crippen LogP contribution in [-0.4, -0.2) is 6.71 Å². The zero-order valence-electron chi connectivity index (χ0n) is 45.0. The normalized spacial score (nSPS) is 20.5. The third-order valence-corrected chi connectivity index (χ3v) is 18.8. The Morgan fingerprint density at radius 1 is 0.443 bits per heavy atom. The van der Waals surface area contributed by atoms with Crippen LogP contribution < -0.4 is 26.4 Å². The number of rotatable bonds is 3. The van der Waals surface area contributed by atoms with Crippen molar-refractivity contribution in [3.8, 4) is 11.1 Å². The van der Waals surface area contributed by atoms with Gasteiger partial charge in [0.05, 0.1) is 11.3 Å². The molecule has 0 amide bonds. The van der Waals surface area contributed by atoms with E-state index in [1.807, 2.05) is 0 Å². The molecule has 6 aromatic carbocycles. The maximum Gasteiger partial charge on any atom is 0.297 e. The van der Waals surface area contributed by atoms with Gasteiger partial charge in [-0.2, -0.15) is 0 Å². The van der Waals surface area contributed by atoms with E-state index in [0.29, 0.717) is 0 Å². The van der Waals surface area contributed by atoms with Crippen molar-refractivity contribution in [2.24, 2.45) is 0 Å². The summed E-state index contributed by atoms with van der Waals surface area (Å²) in [6, 6.07) is 43.4. The molecule has 70 heavy (non-hydrogen) atoms. The lowest BCUT2D eigenvalue weighted by atomic mass is 9.35. The molecule has 358 valence electrons. The van der Waals surface area contributed by atoms with Gasteiger partial charge < -0.3 is 14.2 Å². The fourth-order valence-electron chi connectivity index (χ4n) is 13.8. The first-order chi connectivity index (χ1) is 32.8. The lowest BCUT2D eigenvalue weighted by Crippen LogP contribution is -2.61. The number of nitrogens with zero attached hydrogens (tertiary/aromatic N) is 2. The molecule has 0 spiro atoms. The summed E-state index contributed by atoms with van der Waals surface area (Å²) in [6.45, 7) is 36.4. The van der Waals surface area contributed by atoms with Crippen LogP contribution in [0.3, 0.4) is 0 Å². The van der Waals surface area contributed by atoms with Crippen LogP contribution in [0.2, 0.25) is 0 Å². The van der Waals surface area contributed by atoms with E-state index in [9.17, 15) is 0 Å². The molecular formula is C66H75BN2O. The summed E-state index contributed by atoms with van der Waals surface area (Å²) < 4.78 is 7.71. The Balaban J connectivity index is 1.24. The minimum absolute atomic E-state index is 0.0210. The summed E-state index contributed by atoms with van der Waals surface area (Å²) in [5, 5.41) is 1.21. The van der Waals surface area contributed by atoms with Crippen LogP contribution in [0.15, 0.2) is 114 Å². The van der Waals surface area contributed by atoms with Crippen molar-refractivity contribution in [2.45, 2.75) is 180 Å². The van der Waals surface area contributed by atoms with Crippen LogP contribution in [-0.2, 0) is 37.9 Å². The van der Waals surface area contributed by atoms with Crippen LogP contribution in [0.1, 0.15) is 181 Å².